The first kappa shape index (κ1) is 15.3. The largest absolute Gasteiger partial charge is 0.481 e. The zero-order chi connectivity index (χ0) is 14.5. The lowest BCUT2D eigenvalue weighted by molar-refractivity contribution is -0.137. The number of carbonyl (C=O) groups is 2. The Morgan fingerprint density at radius 3 is 2.58 bits per heavy atom. The van der Waals surface area contributed by atoms with E-state index in [9.17, 15) is 9.59 Å². The Balaban J connectivity index is 2.35. The molecule has 0 spiro atoms. The second kappa shape index (κ2) is 6.41. The Morgan fingerprint density at radius 2 is 2.05 bits per heavy atom. The molecule has 0 aliphatic rings. The van der Waals surface area contributed by atoms with Gasteiger partial charge in [-0.25, -0.2) is 0 Å². The summed E-state index contributed by atoms with van der Waals surface area (Å²) >= 11 is 0. The maximum atomic E-state index is 11.8. The average Bonchev–Trinajstić information content (AvgIpc) is 2.73. The van der Waals surface area contributed by atoms with Crippen LogP contribution in [0.1, 0.15) is 49.2 Å². The molecule has 1 aromatic rings. The summed E-state index contributed by atoms with van der Waals surface area (Å²) in [7, 11) is 0. The Kier molecular flexibility index (Phi) is 5.15. The number of carboxylic acids is 1. The number of carbonyl (C=O) groups excluding carboxylic acids is 1. The number of carboxylic acid groups (broad SMARTS) is 1. The first-order chi connectivity index (χ1) is 8.82. The third-order valence-electron chi connectivity index (χ3n) is 3.17. The highest BCUT2D eigenvalue weighted by Crippen LogP contribution is 2.26. The molecule has 1 amide bonds. The number of amides is 1. The van der Waals surface area contributed by atoms with Crippen molar-refractivity contribution in [1.82, 2.24) is 5.32 Å². The molecular weight excluding hydrogens is 246 g/mol. The molecule has 2 N–H and O–H groups in total. The van der Waals surface area contributed by atoms with Crippen LogP contribution in [0.2, 0.25) is 0 Å². The summed E-state index contributed by atoms with van der Waals surface area (Å²) in [6, 6.07) is 1.74. The molecule has 0 radical (unpaired) electrons. The van der Waals surface area contributed by atoms with Crippen molar-refractivity contribution in [3.63, 3.8) is 0 Å². The maximum absolute atomic E-state index is 11.8. The van der Waals surface area contributed by atoms with Gasteiger partial charge in [0, 0.05) is 18.5 Å². The predicted octanol–water partition coefficient (Wildman–Crippen LogP) is 2.60. The minimum Gasteiger partial charge on any atom is -0.481 e. The molecule has 0 bridgehead atoms. The van der Waals surface area contributed by atoms with Crippen LogP contribution in [0.3, 0.4) is 0 Å². The molecule has 1 heterocycles. The fourth-order valence-corrected chi connectivity index (χ4v) is 1.77. The Morgan fingerprint density at radius 1 is 1.37 bits per heavy atom. The van der Waals surface area contributed by atoms with Crippen LogP contribution in [0.15, 0.2) is 16.7 Å². The summed E-state index contributed by atoms with van der Waals surface area (Å²) in [5.74, 6) is -0.678. The molecule has 0 aliphatic heterocycles. The lowest BCUT2D eigenvalue weighted by Gasteiger charge is -2.23. The van der Waals surface area contributed by atoms with Crippen LogP contribution in [0.25, 0.3) is 0 Å². The zero-order valence-electron chi connectivity index (χ0n) is 11.7. The number of hydrogen-bond acceptors (Lipinski definition) is 3. The van der Waals surface area contributed by atoms with Crippen molar-refractivity contribution in [3.05, 3.63) is 23.7 Å². The third kappa shape index (κ3) is 5.16. The van der Waals surface area contributed by atoms with E-state index in [-0.39, 0.29) is 17.7 Å². The minimum atomic E-state index is -0.789. The molecule has 1 aromatic heterocycles. The zero-order valence-corrected chi connectivity index (χ0v) is 11.7. The first-order valence-electron chi connectivity index (χ1n) is 6.36. The summed E-state index contributed by atoms with van der Waals surface area (Å²) in [4.78, 5) is 22.3. The number of nitrogens with one attached hydrogen (secondary N) is 1. The summed E-state index contributed by atoms with van der Waals surface area (Å²) in [5, 5.41) is 11.5. The molecule has 19 heavy (non-hydrogen) atoms. The molecule has 0 aromatic carbocycles. The van der Waals surface area contributed by atoms with Crippen LogP contribution in [0.5, 0.6) is 0 Å². The van der Waals surface area contributed by atoms with Gasteiger partial charge in [0.2, 0.25) is 0 Å². The van der Waals surface area contributed by atoms with Gasteiger partial charge in [0.25, 0.3) is 5.91 Å². The van der Waals surface area contributed by atoms with Crippen molar-refractivity contribution in [2.45, 2.75) is 40.0 Å². The Bertz CT molecular complexity index is 448. The van der Waals surface area contributed by atoms with Crippen LogP contribution in [0.4, 0.5) is 0 Å². The lowest BCUT2D eigenvalue weighted by Crippen LogP contribution is -2.28. The van der Waals surface area contributed by atoms with Crippen LogP contribution < -0.4 is 5.32 Å². The quantitative estimate of drug-likeness (QED) is 0.795. The SMILES string of the molecule is Cc1ccoc1C(=O)NCCC(C)(C)CCC(=O)O. The summed E-state index contributed by atoms with van der Waals surface area (Å²) in [5.41, 5.74) is 0.701. The van der Waals surface area contributed by atoms with Gasteiger partial charge in [0.05, 0.1) is 6.26 Å². The molecule has 0 aliphatic carbocycles. The van der Waals surface area contributed by atoms with Crippen LogP contribution in [-0.2, 0) is 4.79 Å². The van der Waals surface area contributed by atoms with Crippen molar-refractivity contribution in [2.24, 2.45) is 5.41 Å². The van der Waals surface area contributed by atoms with E-state index in [1.165, 1.54) is 6.26 Å². The topological polar surface area (TPSA) is 79.5 Å². The van der Waals surface area contributed by atoms with Gasteiger partial charge in [-0.2, -0.15) is 0 Å². The predicted molar refractivity (Wildman–Crippen MR) is 71.0 cm³/mol. The first-order valence-corrected chi connectivity index (χ1v) is 6.36. The summed E-state index contributed by atoms with van der Waals surface area (Å²) < 4.78 is 5.10. The fourth-order valence-electron chi connectivity index (χ4n) is 1.77. The number of aliphatic carboxylic acids is 1. The molecule has 5 nitrogen and oxygen atoms in total. The second-order valence-electron chi connectivity index (χ2n) is 5.50. The van der Waals surface area contributed by atoms with E-state index in [1.807, 2.05) is 20.8 Å². The van der Waals surface area contributed by atoms with Crippen LogP contribution in [-0.4, -0.2) is 23.5 Å². The average molecular weight is 267 g/mol. The minimum absolute atomic E-state index is 0.107. The molecule has 0 saturated carbocycles. The highest BCUT2D eigenvalue weighted by atomic mass is 16.4. The normalized spacial score (nSPS) is 11.3. The van der Waals surface area contributed by atoms with Gasteiger partial charge < -0.3 is 14.8 Å². The second-order valence-corrected chi connectivity index (χ2v) is 5.50. The third-order valence-corrected chi connectivity index (χ3v) is 3.17. The Hall–Kier alpha value is -1.78. The van der Waals surface area contributed by atoms with E-state index in [4.69, 9.17) is 9.52 Å². The molecule has 0 unspecified atom stereocenters. The van der Waals surface area contributed by atoms with Gasteiger partial charge in [-0.05, 0) is 31.2 Å². The maximum Gasteiger partial charge on any atom is 0.303 e. The summed E-state index contributed by atoms with van der Waals surface area (Å²) in [6.45, 7) is 6.32. The summed E-state index contributed by atoms with van der Waals surface area (Å²) in [6.07, 6.45) is 2.96. The van der Waals surface area contributed by atoms with Gasteiger partial charge >= 0.3 is 5.97 Å². The smallest absolute Gasteiger partial charge is 0.303 e. The fraction of sp³-hybridized carbons (Fsp3) is 0.571. The van der Waals surface area contributed by atoms with E-state index in [0.29, 0.717) is 18.7 Å². The highest BCUT2D eigenvalue weighted by Gasteiger charge is 2.20. The number of furan rings is 1. The van der Waals surface area contributed by atoms with Crippen LogP contribution in [0, 0.1) is 12.3 Å². The van der Waals surface area contributed by atoms with E-state index in [1.54, 1.807) is 6.07 Å². The van der Waals surface area contributed by atoms with Gasteiger partial charge in [0.15, 0.2) is 5.76 Å². The molecule has 1 rings (SSSR count). The van der Waals surface area contributed by atoms with Crippen molar-refractivity contribution in [2.75, 3.05) is 6.54 Å². The van der Waals surface area contributed by atoms with Crippen LogP contribution >= 0.6 is 0 Å². The van der Waals surface area contributed by atoms with Crippen molar-refractivity contribution in [3.8, 4) is 0 Å². The molecule has 106 valence electrons. The van der Waals surface area contributed by atoms with Gasteiger partial charge in [-0.1, -0.05) is 13.8 Å². The van der Waals surface area contributed by atoms with Crippen molar-refractivity contribution < 1.29 is 19.1 Å². The van der Waals surface area contributed by atoms with Gasteiger partial charge in [0.1, 0.15) is 0 Å². The number of rotatable bonds is 7. The molecule has 0 saturated heterocycles. The van der Waals surface area contributed by atoms with Crippen molar-refractivity contribution >= 4 is 11.9 Å². The molecule has 0 atom stereocenters. The van der Waals surface area contributed by atoms with E-state index in [0.717, 1.165) is 12.0 Å². The number of hydrogen-bond donors (Lipinski definition) is 2. The van der Waals surface area contributed by atoms with Gasteiger partial charge in [-0.3, -0.25) is 9.59 Å². The highest BCUT2D eigenvalue weighted by molar-refractivity contribution is 5.92. The van der Waals surface area contributed by atoms with Gasteiger partial charge in [-0.15, -0.1) is 0 Å². The monoisotopic (exact) mass is 267 g/mol. The van der Waals surface area contributed by atoms with Crippen molar-refractivity contribution in [1.29, 1.82) is 0 Å². The standard InChI is InChI=1S/C14H21NO4/c1-10-5-9-19-12(10)13(18)15-8-7-14(2,3)6-4-11(16)17/h5,9H,4,6-8H2,1-3H3,(H,15,18)(H,16,17). The number of aryl methyl sites for hydroxylation is 1. The Labute approximate surface area is 113 Å². The van der Waals surface area contributed by atoms with E-state index < -0.39 is 5.97 Å². The van der Waals surface area contributed by atoms with E-state index >= 15 is 0 Å². The molecule has 0 fully saturated rings. The van der Waals surface area contributed by atoms with E-state index in [2.05, 4.69) is 5.32 Å². The molecular formula is C14H21NO4. The lowest BCUT2D eigenvalue weighted by atomic mass is 9.84. The molecule has 5 heteroatoms.